The minimum Gasteiger partial charge on any atom is -0.355 e. The van der Waals surface area contributed by atoms with Gasteiger partial charge in [-0.05, 0) is 17.9 Å². The lowest BCUT2D eigenvalue weighted by atomic mass is 10.3. The van der Waals surface area contributed by atoms with Crippen LogP contribution in [0.5, 0.6) is 0 Å². The number of piperazine rings is 1. The first kappa shape index (κ1) is 17.5. The monoisotopic (exact) mass is 364 g/mol. The normalized spacial score (nSPS) is 16.4. The number of hydrogen-bond donors (Lipinski definition) is 1. The Balaban J connectivity index is 1.43. The molecule has 1 aliphatic heterocycles. The Morgan fingerprint density at radius 1 is 1.25 bits per heavy atom. The molecule has 0 aromatic carbocycles. The van der Waals surface area contributed by atoms with E-state index in [9.17, 15) is 4.79 Å². The Morgan fingerprint density at radius 2 is 2.04 bits per heavy atom. The van der Waals surface area contributed by atoms with Gasteiger partial charge in [0.2, 0.25) is 5.91 Å². The zero-order valence-electron chi connectivity index (χ0n) is 14.0. The zero-order chi connectivity index (χ0) is 16.8. The molecule has 3 rings (SSSR count). The van der Waals surface area contributed by atoms with Crippen LogP contribution >= 0.6 is 22.7 Å². The maximum Gasteiger partial charge on any atom is 0.234 e. The van der Waals surface area contributed by atoms with E-state index in [0.717, 1.165) is 56.4 Å². The van der Waals surface area contributed by atoms with E-state index in [-0.39, 0.29) is 5.91 Å². The summed E-state index contributed by atoms with van der Waals surface area (Å²) in [5.74, 6) is 0.144. The predicted octanol–water partition coefficient (Wildman–Crippen LogP) is 2.52. The van der Waals surface area contributed by atoms with E-state index in [1.165, 1.54) is 5.56 Å². The summed E-state index contributed by atoms with van der Waals surface area (Å²) in [7, 11) is 0. The Kier molecular flexibility index (Phi) is 6.37. The fourth-order valence-electron chi connectivity index (χ4n) is 2.76. The average Bonchev–Trinajstić information content (AvgIpc) is 3.26. The second kappa shape index (κ2) is 8.71. The van der Waals surface area contributed by atoms with Crippen molar-refractivity contribution in [3.05, 3.63) is 27.9 Å². The summed E-state index contributed by atoms with van der Waals surface area (Å²) in [6, 6.07) is 2.12. The third kappa shape index (κ3) is 4.86. The topological polar surface area (TPSA) is 48.5 Å². The summed E-state index contributed by atoms with van der Waals surface area (Å²) in [6.07, 6.45) is 0.987. The Bertz CT molecular complexity index is 633. The fourth-order valence-corrected chi connectivity index (χ4v) is 4.28. The number of nitrogens with one attached hydrogen (secondary N) is 1. The van der Waals surface area contributed by atoms with Crippen molar-refractivity contribution in [3.63, 3.8) is 0 Å². The second-order valence-corrected chi connectivity index (χ2v) is 7.70. The summed E-state index contributed by atoms with van der Waals surface area (Å²) in [5, 5.41) is 10.5. The van der Waals surface area contributed by atoms with E-state index in [1.54, 1.807) is 22.7 Å². The van der Waals surface area contributed by atoms with Crippen LogP contribution in [0.4, 0.5) is 0 Å². The van der Waals surface area contributed by atoms with Crippen LogP contribution in [-0.4, -0.2) is 60.0 Å². The maximum absolute atomic E-state index is 11.8. The van der Waals surface area contributed by atoms with Gasteiger partial charge in [-0.2, -0.15) is 11.3 Å². The van der Waals surface area contributed by atoms with E-state index in [0.29, 0.717) is 6.54 Å². The van der Waals surface area contributed by atoms with Crippen molar-refractivity contribution >= 4 is 28.6 Å². The van der Waals surface area contributed by atoms with Crippen molar-refractivity contribution in [2.45, 2.75) is 19.9 Å². The number of thiophene rings is 1. The fraction of sp³-hybridized carbons (Fsp3) is 0.529. The molecule has 0 radical (unpaired) electrons. The molecular formula is C17H24N4OS2. The predicted molar refractivity (Wildman–Crippen MR) is 100 cm³/mol. The largest absolute Gasteiger partial charge is 0.355 e. The maximum atomic E-state index is 11.8. The number of thiazole rings is 1. The molecular weight excluding hydrogens is 340 g/mol. The van der Waals surface area contributed by atoms with Crippen LogP contribution in [0.3, 0.4) is 0 Å². The number of aromatic nitrogens is 1. The summed E-state index contributed by atoms with van der Waals surface area (Å²) in [6.45, 7) is 8.14. The number of carbonyl (C=O) groups excluding carboxylic acids is 1. The lowest BCUT2D eigenvalue weighted by molar-refractivity contribution is -0.122. The van der Waals surface area contributed by atoms with E-state index in [2.05, 4.69) is 44.2 Å². The summed E-state index contributed by atoms with van der Waals surface area (Å²) >= 11 is 3.43. The minimum absolute atomic E-state index is 0.144. The molecule has 2 aromatic heterocycles. The number of nitrogens with zero attached hydrogens (tertiary/aromatic N) is 3. The van der Waals surface area contributed by atoms with Gasteiger partial charge in [-0.1, -0.05) is 6.92 Å². The Morgan fingerprint density at radius 3 is 2.75 bits per heavy atom. The van der Waals surface area contributed by atoms with Gasteiger partial charge < -0.3 is 5.32 Å². The van der Waals surface area contributed by atoms with Crippen molar-refractivity contribution in [1.82, 2.24) is 20.1 Å². The van der Waals surface area contributed by atoms with Gasteiger partial charge in [0.15, 0.2) is 0 Å². The molecule has 1 amide bonds. The lowest BCUT2D eigenvalue weighted by Gasteiger charge is -2.33. The minimum atomic E-state index is 0.144. The van der Waals surface area contributed by atoms with Crippen molar-refractivity contribution in [2.75, 3.05) is 39.3 Å². The molecule has 0 bridgehead atoms. The van der Waals surface area contributed by atoms with E-state index >= 15 is 0 Å². The van der Waals surface area contributed by atoms with Gasteiger partial charge in [0, 0.05) is 55.6 Å². The van der Waals surface area contributed by atoms with Crippen LogP contribution in [-0.2, 0) is 11.3 Å². The molecule has 3 heterocycles. The van der Waals surface area contributed by atoms with Gasteiger partial charge in [0.05, 0.1) is 12.2 Å². The van der Waals surface area contributed by atoms with Crippen LogP contribution in [0, 0.1) is 0 Å². The molecule has 0 unspecified atom stereocenters. The van der Waals surface area contributed by atoms with Gasteiger partial charge in [-0.25, -0.2) is 4.98 Å². The molecule has 1 N–H and O–H groups in total. The molecule has 130 valence electrons. The highest BCUT2D eigenvalue weighted by Gasteiger charge is 2.19. The van der Waals surface area contributed by atoms with E-state index in [4.69, 9.17) is 4.98 Å². The van der Waals surface area contributed by atoms with Crippen LogP contribution in [0.1, 0.15) is 19.0 Å². The quantitative estimate of drug-likeness (QED) is 0.820. The van der Waals surface area contributed by atoms with Crippen LogP contribution in [0.15, 0.2) is 22.2 Å². The first-order valence-corrected chi connectivity index (χ1v) is 10.2. The van der Waals surface area contributed by atoms with Crippen molar-refractivity contribution in [1.29, 1.82) is 0 Å². The Labute approximate surface area is 151 Å². The smallest absolute Gasteiger partial charge is 0.234 e. The van der Waals surface area contributed by atoms with Crippen molar-refractivity contribution in [3.8, 4) is 10.6 Å². The molecule has 2 aromatic rings. The highest BCUT2D eigenvalue weighted by atomic mass is 32.1. The summed E-state index contributed by atoms with van der Waals surface area (Å²) < 4.78 is 0. The summed E-state index contributed by atoms with van der Waals surface area (Å²) in [4.78, 5) is 21.2. The lowest BCUT2D eigenvalue weighted by Crippen LogP contribution is -2.49. The second-order valence-electron chi connectivity index (χ2n) is 6.06. The molecule has 0 saturated carbocycles. The molecule has 1 fully saturated rings. The van der Waals surface area contributed by atoms with Gasteiger partial charge >= 0.3 is 0 Å². The van der Waals surface area contributed by atoms with Crippen molar-refractivity contribution < 1.29 is 4.79 Å². The first-order chi connectivity index (χ1) is 11.7. The molecule has 0 atom stereocenters. The van der Waals surface area contributed by atoms with Crippen molar-refractivity contribution in [2.24, 2.45) is 0 Å². The third-order valence-electron chi connectivity index (χ3n) is 4.11. The highest BCUT2D eigenvalue weighted by Crippen LogP contribution is 2.26. The summed E-state index contributed by atoms with van der Waals surface area (Å²) in [5.41, 5.74) is 2.37. The van der Waals surface area contributed by atoms with Gasteiger partial charge in [-0.15, -0.1) is 11.3 Å². The number of hydrogen-bond acceptors (Lipinski definition) is 6. The number of rotatable bonds is 7. The SMILES string of the molecule is CCCNC(=O)CN1CCN(Cc2csc(-c3ccsc3)n2)CC1. The molecule has 7 heteroatoms. The molecule has 24 heavy (non-hydrogen) atoms. The molecule has 5 nitrogen and oxygen atoms in total. The molecule has 1 aliphatic rings. The highest BCUT2D eigenvalue weighted by molar-refractivity contribution is 7.14. The molecule has 0 spiro atoms. The first-order valence-electron chi connectivity index (χ1n) is 8.43. The van der Waals surface area contributed by atoms with E-state index < -0.39 is 0 Å². The van der Waals surface area contributed by atoms with E-state index in [1.807, 2.05) is 0 Å². The number of amides is 1. The molecule has 1 saturated heterocycles. The molecule has 0 aliphatic carbocycles. The number of carbonyl (C=O) groups is 1. The van der Waals surface area contributed by atoms with Crippen LogP contribution in [0.25, 0.3) is 10.6 Å². The van der Waals surface area contributed by atoms with Crippen LogP contribution in [0.2, 0.25) is 0 Å². The Hall–Kier alpha value is -1.28. The van der Waals surface area contributed by atoms with Crippen LogP contribution < -0.4 is 5.32 Å². The van der Waals surface area contributed by atoms with Gasteiger partial charge in [-0.3, -0.25) is 14.6 Å². The zero-order valence-corrected chi connectivity index (χ0v) is 15.7. The third-order valence-corrected chi connectivity index (χ3v) is 5.73. The van der Waals surface area contributed by atoms with Gasteiger partial charge in [0.1, 0.15) is 5.01 Å². The van der Waals surface area contributed by atoms with Gasteiger partial charge in [0.25, 0.3) is 0 Å². The standard InChI is InChI=1S/C17H24N4OS2/c1-2-4-18-16(22)11-21-7-5-20(6-8-21)10-15-13-24-17(19-15)14-3-9-23-12-14/h3,9,12-13H,2,4-8,10-11H2,1H3,(H,18,22). The average molecular weight is 365 g/mol.